The molecule has 7 nitrogen and oxygen atoms in total. The van der Waals surface area contributed by atoms with Crippen LogP contribution in [0, 0.1) is 16.7 Å². The maximum atomic E-state index is 11.1. The SMILES string of the molecule is CC(C)(C)C(O)(CCc1ccc(Cl)cc1)Cn1cncn1.CCCN(CC)CC1COC2(CCC(C(C)(C)C)CC2)O1. The zero-order valence-electron chi connectivity index (χ0n) is 27.5. The minimum atomic E-state index is -0.861. The van der Waals surface area contributed by atoms with Gasteiger partial charge in [-0.15, -0.1) is 0 Å². The molecule has 1 spiro atoms. The van der Waals surface area contributed by atoms with Crippen molar-refractivity contribution >= 4 is 11.6 Å². The molecule has 8 heteroatoms. The Morgan fingerprint density at radius 2 is 1.74 bits per heavy atom. The normalized spacial score (nSPS) is 24.5. The lowest BCUT2D eigenvalue weighted by atomic mass is 9.71. The highest BCUT2D eigenvalue weighted by Crippen LogP contribution is 2.45. The van der Waals surface area contributed by atoms with Gasteiger partial charge >= 0.3 is 0 Å². The van der Waals surface area contributed by atoms with Gasteiger partial charge in [0.2, 0.25) is 0 Å². The third-order valence-electron chi connectivity index (χ3n) is 9.36. The molecule has 2 unspecified atom stereocenters. The molecule has 2 aromatic rings. The number of aryl methyl sites for hydroxylation is 1. The topological polar surface area (TPSA) is 72.6 Å². The average Bonchev–Trinajstić information content (AvgIpc) is 3.57. The molecule has 1 aliphatic carbocycles. The molecule has 1 aliphatic heterocycles. The lowest BCUT2D eigenvalue weighted by molar-refractivity contribution is -0.197. The van der Waals surface area contributed by atoms with Crippen LogP contribution in [0.25, 0.3) is 0 Å². The van der Waals surface area contributed by atoms with Crippen LogP contribution in [0.15, 0.2) is 36.9 Å². The van der Waals surface area contributed by atoms with E-state index in [1.165, 1.54) is 31.2 Å². The summed E-state index contributed by atoms with van der Waals surface area (Å²) >= 11 is 5.90. The molecule has 1 N–H and O–H groups in total. The van der Waals surface area contributed by atoms with Crippen LogP contribution < -0.4 is 0 Å². The molecule has 1 saturated carbocycles. The summed E-state index contributed by atoms with van der Waals surface area (Å²) < 4.78 is 14.2. The van der Waals surface area contributed by atoms with Crippen LogP contribution in [0.2, 0.25) is 5.02 Å². The lowest BCUT2D eigenvalue weighted by Crippen LogP contribution is -2.47. The minimum Gasteiger partial charge on any atom is -0.387 e. The highest BCUT2D eigenvalue weighted by Gasteiger charge is 2.46. The fourth-order valence-electron chi connectivity index (χ4n) is 6.15. The number of aromatic nitrogens is 3. The van der Waals surface area contributed by atoms with Gasteiger partial charge in [0.15, 0.2) is 5.79 Å². The summed E-state index contributed by atoms with van der Waals surface area (Å²) in [4.78, 5) is 6.42. The molecule has 238 valence electrons. The number of halogens is 1. The first-order chi connectivity index (χ1) is 19.7. The molecule has 2 atom stereocenters. The number of benzene rings is 1. The average molecular weight is 605 g/mol. The molecule has 4 rings (SSSR count). The van der Waals surface area contributed by atoms with Crippen LogP contribution in [0.3, 0.4) is 0 Å². The smallest absolute Gasteiger partial charge is 0.168 e. The van der Waals surface area contributed by atoms with Crippen LogP contribution in [0.5, 0.6) is 0 Å². The second-order valence-corrected chi connectivity index (χ2v) is 14.9. The Kier molecular flexibility index (Phi) is 12.5. The molecule has 42 heavy (non-hydrogen) atoms. The Balaban J connectivity index is 0.000000230. The van der Waals surface area contributed by atoms with E-state index in [2.05, 4.69) is 49.6 Å². The molecule has 1 aromatic heterocycles. The first-order valence-corrected chi connectivity index (χ1v) is 16.4. The fraction of sp³-hybridized carbons (Fsp3) is 0.765. The maximum Gasteiger partial charge on any atom is 0.168 e. The number of rotatable bonds is 10. The standard InChI is InChI=1S/C18H35NO2.C16H22ClN3O/c1-6-12-19(7-2)13-16-14-20-18(21-16)10-8-15(9-11-18)17(3,4)5;1-15(2,3)16(21,10-20-12-18-11-19-20)9-8-13-4-6-14(17)7-5-13/h15-16H,6-14H2,1-5H3;4-7,11-12,21H,8-10H2,1-3H3. The summed E-state index contributed by atoms with van der Waals surface area (Å²) in [6.45, 7) is 22.2. The van der Waals surface area contributed by atoms with Crippen molar-refractivity contribution in [2.24, 2.45) is 16.7 Å². The van der Waals surface area contributed by atoms with Crippen molar-refractivity contribution < 1.29 is 14.6 Å². The molecular weight excluding hydrogens is 548 g/mol. The summed E-state index contributed by atoms with van der Waals surface area (Å²) in [6.07, 6.45) is 10.7. The predicted octanol–water partition coefficient (Wildman–Crippen LogP) is 7.41. The first-order valence-electron chi connectivity index (χ1n) is 16.0. The van der Waals surface area contributed by atoms with Crippen molar-refractivity contribution in [3.05, 3.63) is 47.5 Å². The van der Waals surface area contributed by atoms with Crippen LogP contribution in [-0.2, 0) is 22.4 Å². The van der Waals surface area contributed by atoms with Crippen LogP contribution in [0.4, 0.5) is 0 Å². The van der Waals surface area contributed by atoms with Gasteiger partial charge in [0, 0.05) is 24.4 Å². The van der Waals surface area contributed by atoms with Gasteiger partial charge in [-0.05, 0) is 79.6 Å². The van der Waals surface area contributed by atoms with Gasteiger partial charge in [-0.3, -0.25) is 4.68 Å². The second-order valence-electron chi connectivity index (χ2n) is 14.5. The van der Waals surface area contributed by atoms with Crippen molar-refractivity contribution in [3.63, 3.8) is 0 Å². The van der Waals surface area contributed by atoms with E-state index in [4.69, 9.17) is 21.1 Å². The Bertz CT molecular complexity index is 1040. The molecule has 0 amide bonds. The fourth-order valence-corrected chi connectivity index (χ4v) is 6.28. The molecule has 1 saturated heterocycles. The molecule has 0 radical (unpaired) electrons. The Hall–Kier alpha value is -1.51. The van der Waals surface area contributed by atoms with Crippen LogP contribution in [-0.4, -0.2) is 68.5 Å². The van der Waals surface area contributed by atoms with Gasteiger partial charge in [0.1, 0.15) is 12.7 Å². The number of likely N-dealkylation sites (N-methyl/N-ethyl adjacent to an activating group) is 1. The van der Waals surface area contributed by atoms with Crippen molar-refractivity contribution in [1.82, 2.24) is 19.7 Å². The summed E-state index contributed by atoms with van der Waals surface area (Å²) in [6, 6.07) is 7.76. The van der Waals surface area contributed by atoms with Crippen molar-refractivity contribution in [2.45, 2.75) is 124 Å². The number of aliphatic hydroxyl groups is 1. The van der Waals surface area contributed by atoms with Crippen molar-refractivity contribution in [2.75, 3.05) is 26.2 Å². The van der Waals surface area contributed by atoms with E-state index >= 15 is 0 Å². The zero-order chi connectivity index (χ0) is 31.0. The summed E-state index contributed by atoms with van der Waals surface area (Å²) in [5, 5.41) is 16.0. The van der Waals surface area contributed by atoms with Gasteiger partial charge in [0.05, 0.1) is 24.9 Å². The quantitative estimate of drug-likeness (QED) is 0.304. The minimum absolute atomic E-state index is 0.252. The summed E-state index contributed by atoms with van der Waals surface area (Å²) in [5.74, 6) is 0.555. The summed E-state index contributed by atoms with van der Waals surface area (Å²) in [5.41, 5.74) is 0.464. The van der Waals surface area contributed by atoms with Crippen LogP contribution in [0.1, 0.15) is 99.5 Å². The highest BCUT2D eigenvalue weighted by molar-refractivity contribution is 6.30. The Morgan fingerprint density at radius 1 is 1.07 bits per heavy atom. The Labute approximate surface area is 260 Å². The molecule has 2 heterocycles. The highest BCUT2D eigenvalue weighted by atomic mass is 35.5. The zero-order valence-corrected chi connectivity index (χ0v) is 28.3. The molecule has 1 aromatic carbocycles. The van der Waals surface area contributed by atoms with E-state index in [1.807, 2.05) is 45.0 Å². The van der Waals surface area contributed by atoms with Gasteiger partial charge in [-0.2, -0.15) is 5.10 Å². The largest absolute Gasteiger partial charge is 0.387 e. The molecular formula is C34H57ClN4O3. The second kappa shape index (κ2) is 15.0. The molecule has 2 fully saturated rings. The van der Waals surface area contributed by atoms with Crippen molar-refractivity contribution in [1.29, 1.82) is 0 Å². The van der Waals surface area contributed by atoms with Crippen molar-refractivity contribution in [3.8, 4) is 0 Å². The molecule has 0 bridgehead atoms. The maximum absolute atomic E-state index is 11.1. The van der Waals surface area contributed by atoms with Gasteiger partial charge < -0.3 is 19.5 Å². The first kappa shape index (κ1) is 35.0. The predicted molar refractivity (Wildman–Crippen MR) is 172 cm³/mol. The van der Waals surface area contributed by atoms with Crippen LogP contribution >= 0.6 is 11.6 Å². The van der Waals surface area contributed by atoms with Gasteiger partial charge in [-0.1, -0.05) is 79.1 Å². The summed E-state index contributed by atoms with van der Waals surface area (Å²) in [7, 11) is 0. The van der Waals surface area contributed by atoms with Gasteiger partial charge in [-0.25, -0.2) is 4.98 Å². The van der Waals surface area contributed by atoms with E-state index in [9.17, 15) is 5.11 Å². The lowest BCUT2D eigenvalue weighted by Gasteiger charge is -2.41. The van der Waals surface area contributed by atoms with E-state index < -0.39 is 5.60 Å². The number of hydrogen-bond donors (Lipinski definition) is 1. The van der Waals surface area contributed by atoms with E-state index in [-0.39, 0.29) is 17.3 Å². The number of ether oxygens (including phenoxy) is 2. The third kappa shape index (κ3) is 10.0. The van der Waals surface area contributed by atoms with E-state index in [0.29, 0.717) is 18.4 Å². The molecule has 2 aliphatic rings. The van der Waals surface area contributed by atoms with E-state index in [1.54, 1.807) is 11.0 Å². The van der Waals surface area contributed by atoms with E-state index in [0.717, 1.165) is 56.4 Å². The monoisotopic (exact) mass is 604 g/mol. The Morgan fingerprint density at radius 3 is 2.26 bits per heavy atom. The number of hydrogen-bond acceptors (Lipinski definition) is 6. The van der Waals surface area contributed by atoms with Gasteiger partial charge in [0.25, 0.3) is 0 Å². The number of nitrogens with zero attached hydrogens (tertiary/aromatic N) is 4. The third-order valence-corrected chi connectivity index (χ3v) is 9.61.